The number of aromatic nitrogens is 2. The Hall–Kier alpha value is -2.28. The van der Waals surface area contributed by atoms with Gasteiger partial charge >= 0.3 is 5.97 Å². The van der Waals surface area contributed by atoms with Crippen molar-refractivity contribution in [2.24, 2.45) is 0 Å². The Morgan fingerprint density at radius 1 is 1.40 bits per heavy atom. The lowest BCUT2D eigenvalue weighted by atomic mass is 10.3. The van der Waals surface area contributed by atoms with Crippen molar-refractivity contribution in [3.8, 4) is 0 Å². The Balaban J connectivity index is 1.94. The topological polar surface area (TPSA) is 81.2 Å². The van der Waals surface area contributed by atoms with E-state index in [9.17, 15) is 9.59 Å². The molecule has 1 N–H and O–H groups in total. The lowest BCUT2D eigenvalue weighted by molar-refractivity contribution is 0.0526. The van der Waals surface area contributed by atoms with Crippen LogP contribution in [0.3, 0.4) is 0 Å². The minimum atomic E-state index is -0.513. The zero-order valence-electron chi connectivity index (χ0n) is 10.8. The van der Waals surface area contributed by atoms with E-state index in [0.29, 0.717) is 6.54 Å². The monoisotopic (exact) mass is 291 g/mol. The number of thiazole rings is 1. The fraction of sp³-hybridized carbons (Fsp3) is 0.231. The summed E-state index contributed by atoms with van der Waals surface area (Å²) in [6.45, 7) is 2.30. The minimum Gasteiger partial charge on any atom is -0.461 e. The number of amides is 1. The number of carbonyl (C=O) groups is 2. The van der Waals surface area contributed by atoms with Crippen molar-refractivity contribution in [3.63, 3.8) is 0 Å². The van der Waals surface area contributed by atoms with Crippen molar-refractivity contribution in [1.29, 1.82) is 0 Å². The second-order valence-corrected chi connectivity index (χ2v) is 4.62. The number of carbonyl (C=O) groups excluding carboxylic acids is 2. The third-order valence-electron chi connectivity index (χ3n) is 2.34. The van der Waals surface area contributed by atoms with E-state index in [1.54, 1.807) is 19.2 Å². The van der Waals surface area contributed by atoms with Crippen LogP contribution in [0.5, 0.6) is 0 Å². The quantitative estimate of drug-likeness (QED) is 0.847. The van der Waals surface area contributed by atoms with Gasteiger partial charge in [-0.2, -0.15) is 0 Å². The number of nitrogens with zero attached hydrogens (tertiary/aromatic N) is 2. The molecule has 0 aliphatic rings. The summed E-state index contributed by atoms with van der Waals surface area (Å²) < 4.78 is 4.82. The van der Waals surface area contributed by atoms with Crippen LogP contribution in [0.2, 0.25) is 0 Å². The number of hydrogen-bond acceptors (Lipinski definition) is 6. The molecule has 0 radical (unpaired) electrons. The van der Waals surface area contributed by atoms with Gasteiger partial charge in [0, 0.05) is 11.6 Å². The molecule has 0 aliphatic carbocycles. The van der Waals surface area contributed by atoms with E-state index < -0.39 is 5.97 Å². The SMILES string of the molecule is CCOC(=O)c1nc(C(=O)NCc2ccccn2)cs1. The highest BCUT2D eigenvalue weighted by Crippen LogP contribution is 2.11. The second-order valence-electron chi connectivity index (χ2n) is 3.76. The van der Waals surface area contributed by atoms with Gasteiger partial charge in [0.1, 0.15) is 5.69 Å². The van der Waals surface area contributed by atoms with Gasteiger partial charge in [0.2, 0.25) is 5.01 Å². The molecule has 2 aromatic rings. The van der Waals surface area contributed by atoms with Crippen LogP contribution in [0.1, 0.15) is 32.9 Å². The molecule has 2 aromatic heterocycles. The van der Waals surface area contributed by atoms with Gasteiger partial charge in [-0.1, -0.05) is 6.07 Å². The van der Waals surface area contributed by atoms with E-state index in [0.717, 1.165) is 17.0 Å². The molecule has 0 saturated carbocycles. The first-order valence-electron chi connectivity index (χ1n) is 6.01. The van der Waals surface area contributed by atoms with Crippen LogP contribution < -0.4 is 5.32 Å². The van der Waals surface area contributed by atoms with E-state index in [1.807, 2.05) is 12.1 Å². The zero-order valence-corrected chi connectivity index (χ0v) is 11.6. The number of nitrogens with one attached hydrogen (secondary N) is 1. The van der Waals surface area contributed by atoms with Crippen molar-refractivity contribution in [1.82, 2.24) is 15.3 Å². The van der Waals surface area contributed by atoms with Crippen LogP contribution in [0.4, 0.5) is 0 Å². The molecule has 7 heteroatoms. The number of pyridine rings is 1. The molecule has 0 saturated heterocycles. The maximum atomic E-state index is 11.9. The van der Waals surface area contributed by atoms with Gasteiger partial charge < -0.3 is 10.1 Å². The predicted molar refractivity (Wildman–Crippen MR) is 73.5 cm³/mol. The standard InChI is InChI=1S/C13H13N3O3S/c1-2-19-13(18)12-16-10(8-20-12)11(17)15-7-9-5-3-4-6-14-9/h3-6,8H,2,7H2,1H3,(H,15,17). The van der Waals surface area contributed by atoms with Gasteiger partial charge in [-0.15, -0.1) is 11.3 Å². The van der Waals surface area contributed by atoms with Crippen molar-refractivity contribution < 1.29 is 14.3 Å². The van der Waals surface area contributed by atoms with Crippen molar-refractivity contribution in [3.05, 3.63) is 46.2 Å². The third-order valence-corrected chi connectivity index (χ3v) is 3.17. The predicted octanol–water partition coefficient (Wildman–Crippen LogP) is 1.64. The summed E-state index contributed by atoms with van der Waals surface area (Å²) in [5, 5.41) is 4.39. The summed E-state index contributed by atoms with van der Waals surface area (Å²) in [7, 11) is 0. The molecular formula is C13H13N3O3S. The Bertz CT molecular complexity index is 598. The zero-order chi connectivity index (χ0) is 14.4. The summed E-state index contributed by atoms with van der Waals surface area (Å²) in [6, 6.07) is 5.46. The first-order chi connectivity index (χ1) is 9.70. The van der Waals surface area contributed by atoms with Gasteiger partial charge in [0.05, 0.1) is 18.8 Å². The van der Waals surface area contributed by atoms with Crippen molar-refractivity contribution >= 4 is 23.2 Å². The van der Waals surface area contributed by atoms with Crippen LogP contribution in [0, 0.1) is 0 Å². The van der Waals surface area contributed by atoms with E-state index >= 15 is 0 Å². The Labute approximate surface area is 119 Å². The van der Waals surface area contributed by atoms with Crippen LogP contribution in [-0.2, 0) is 11.3 Å². The summed E-state index contributed by atoms with van der Waals surface area (Å²) in [6.07, 6.45) is 1.66. The largest absolute Gasteiger partial charge is 0.461 e. The average molecular weight is 291 g/mol. The van der Waals surface area contributed by atoms with Crippen LogP contribution >= 0.6 is 11.3 Å². The molecular weight excluding hydrogens is 278 g/mol. The third kappa shape index (κ3) is 3.61. The Morgan fingerprint density at radius 3 is 2.95 bits per heavy atom. The molecule has 1 amide bonds. The molecule has 0 bridgehead atoms. The van der Waals surface area contributed by atoms with Gasteiger partial charge in [-0.25, -0.2) is 9.78 Å². The number of rotatable bonds is 5. The van der Waals surface area contributed by atoms with E-state index in [-0.39, 0.29) is 23.2 Å². The van der Waals surface area contributed by atoms with Gasteiger partial charge in [-0.3, -0.25) is 9.78 Å². The molecule has 20 heavy (non-hydrogen) atoms. The van der Waals surface area contributed by atoms with Gasteiger partial charge in [-0.05, 0) is 19.1 Å². The highest BCUT2D eigenvalue weighted by Gasteiger charge is 2.16. The molecule has 0 spiro atoms. The first-order valence-corrected chi connectivity index (χ1v) is 6.89. The highest BCUT2D eigenvalue weighted by atomic mass is 32.1. The van der Waals surface area contributed by atoms with Gasteiger partial charge in [0.25, 0.3) is 5.91 Å². The molecule has 2 heterocycles. The second kappa shape index (κ2) is 6.76. The summed E-state index contributed by atoms with van der Waals surface area (Å²) in [4.78, 5) is 31.4. The minimum absolute atomic E-state index is 0.176. The molecule has 6 nitrogen and oxygen atoms in total. The van der Waals surface area contributed by atoms with Crippen molar-refractivity contribution in [2.75, 3.05) is 6.61 Å². The molecule has 0 fully saturated rings. The number of esters is 1. The number of ether oxygens (including phenoxy) is 1. The fourth-order valence-electron chi connectivity index (χ4n) is 1.43. The van der Waals surface area contributed by atoms with Crippen LogP contribution in [0.15, 0.2) is 29.8 Å². The normalized spacial score (nSPS) is 10.1. The summed E-state index contributed by atoms with van der Waals surface area (Å²) in [5.41, 5.74) is 0.954. The maximum Gasteiger partial charge on any atom is 0.367 e. The van der Waals surface area contributed by atoms with Crippen LogP contribution in [-0.4, -0.2) is 28.5 Å². The molecule has 0 unspecified atom stereocenters. The van der Waals surface area contributed by atoms with E-state index in [1.165, 1.54) is 5.38 Å². The maximum absolute atomic E-state index is 11.9. The smallest absolute Gasteiger partial charge is 0.367 e. The lowest BCUT2D eigenvalue weighted by Gasteiger charge is -2.02. The molecule has 104 valence electrons. The van der Waals surface area contributed by atoms with E-state index in [2.05, 4.69) is 15.3 Å². The molecule has 0 aliphatic heterocycles. The van der Waals surface area contributed by atoms with Crippen molar-refractivity contribution in [2.45, 2.75) is 13.5 Å². The van der Waals surface area contributed by atoms with E-state index in [4.69, 9.17) is 4.74 Å². The first kappa shape index (κ1) is 14.1. The number of hydrogen-bond donors (Lipinski definition) is 1. The lowest BCUT2D eigenvalue weighted by Crippen LogP contribution is -2.23. The molecule has 2 rings (SSSR count). The Morgan fingerprint density at radius 2 is 2.25 bits per heavy atom. The van der Waals surface area contributed by atoms with Gasteiger partial charge in [0.15, 0.2) is 0 Å². The molecule has 0 aromatic carbocycles. The fourth-order valence-corrected chi connectivity index (χ4v) is 2.12. The summed E-state index contributed by atoms with van der Waals surface area (Å²) >= 11 is 1.09. The summed E-state index contributed by atoms with van der Waals surface area (Å²) in [5.74, 6) is -0.858. The average Bonchev–Trinajstić information content (AvgIpc) is 2.96. The molecule has 0 atom stereocenters. The van der Waals surface area contributed by atoms with Crippen LogP contribution in [0.25, 0.3) is 0 Å². The highest BCUT2D eigenvalue weighted by molar-refractivity contribution is 7.11. The Kier molecular flexibility index (Phi) is 4.78.